The number of nitriles is 1. The van der Waals surface area contributed by atoms with Crippen molar-refractivity contribution in [1.29, 1.82) is 5.26 Å². The summed E-state index contributed by atoms with van der Waals surface area (Å²) in [6.45, 7) is 7.90. The van der Waals surface area contributed by atoms with E-state index in [0.717, 1.165) is 23.4 Å². The Kier molecular flexibility index (Phi) is 5.00. The molecule has 1 atom stereocenters. The Hall–Kier alpha value is -2.46. The maximum atomic E-state index is 12.6. The molecule has 0 radical (unpaired) electrons. The molecule has 1 aliphatic heterocycles. The highest BCUT2D eigenvalue weighted by Crippen LogP contribution is 2.19. The fraction of sp³-hybridized carbons (Fsp3) is 0.556. The van der Waals surface area contributed by atoms with E-state index in [1.165, 1.54) is 6.20 Å². The summed E-state index contributed by atoms with van der Waals surface area (Å²) in [5, 5.41) is 13.4. The lowest BCUT2D eigenvalue weighted by molar-refractivity contribution is -0.138. The molecule has 7 nitrogen and oxygen atoms in total. The van der Waals surface area contributed by atoms with Crippen molar-refractivity contribution in [3.8, 4) is 6.07 Å². The number of carbonyl (C=O) groups is 1. The number of aryl methyl sites for hydroxylation is 2. The van der Waals surface area contributed by atoms with Crippen LogP contribution in [0.25, 0.3) is 5.65 Å². The van der Waals surface area contributed by atoms with Gasteiger partial charge < -0.3 is 9.64 Å². The molecule has 2 aromatic heterocycles. The minimum absolute atomic E-state index is 0.146. The van der Waals surface area contributed by atoms with Gasteiger partial charge in [0.25, 0.3) is 0 Å². The lowest BCUT2D eigenvalue weighted by atomic mass is 10.1. The molecule has 1 amide bonds. The topological polar surface area (TPSA) is 83.5 Å². The first-order valence-corrected chi connectivity index (χ1v) is 8.68. The highest BCUT2D eigenvalue weighted by atomic mass is 16.5. The summed E-state index contributed by atoms with van der Waals surface area (Å²) in [7, 11) is 0. The van der Waals surface area contributed by atoms with Gasteiger partial charge in [-0.1, -0.05) is 6.92 Å². The molecule has 3 heterocycles. The van der Waals surface area contributed by atoms with Crippen LogP contribution in [-0.4, -0.2) is 51.2 Å². The van der Waals surface area contributed by atoms with Crippen LogP contribution in [0.2, 0.25) is 0 Å². The number of amides is 1. The van der Waals surface area contributed by atoms with Crippen LogP contribution in [0.3, 0.4) is 0 Å². The lowest BCUT2D eigenvalue weighted by Crippen LogP contribution is -2.45. The second-order valence-electron chi connectivity index (χ2n) is 6.41. The number of aromatic nitrogens is 3. The van der Waals surface area contributed by atoms with E-state index < -0.39 is 0 Å². The van der Waals surface area contributed by atoms with Crippen LogP contribution in [0.1, 0.15) is 42.3 Å². The monoisotopic (exact) mass is 341 g/mol. The molecule has 132 valence electrons. The number of nitrogens with zero attached hydrogens (tertiary/aromatic N) is 5. The van der Waals surface area contributed by atoms with Crippen LogP contribution in [-0.2, 0) is 16.0 Å². The largest absolute Gasteiger partial charge is 0.375 e. The quantitative estimate of drug-likeness (QED) is 0.846. The Bertz CT molecular complexity index is 836. The van der Waals surface area contributed by atoms with Crippen molar-refractivity contribution in [3.63, 3.8) is 0 Å². The molecule has 25 heavy (non-hydrogen) atoms. The maximum Gasteiger partial charge on any atom is 0.223 e. The Morgan fingerprint density at radius 1 is 1.48 bits per heavy atom. The second-order valence-corrected chi connectivity index (χ2v) is 6.41. The summed E-state index contributed by atoms with van der Waals surface area (Å²) in [6, 6.07) is 2.11. The third-order valence-corrected chi connectivity index (χ3v) is 4.86. The van der Waals surface area contributed by atoms with Crippen LogP contribution >= 0.6 is 0 Å². The van der Waals surface area contributed by atoms with E-state index in [1.54, 1.807) is 4.52 Å². The van der Waals surface area contributed by atoms with Gasteiger partial charge in [0.1, 0.15) is 11.6 Å². The highest BCUT2D eigenvalue weighted by molar-refractivity contribution is 5.76. The first kappa shape index (κ1) is 17.4. The summed E-state index contributed by atoms with van der Waals surface area (Å²) < 4.78 is 7.32. The minimum atomic E-state index is 0.146. The number of morpholine rings is 1. The summed E-state index contributed by atoms with van der Waals surface area (Å²) >= 11 is 0. The molecule has 2 aromatic rings. The zero-order valence-corrected chi connectivity index (χ0v) is 14.9. The first-order valence-electron chi connectivity index (χ1n) is 8.68. The molecule has 3 rings (SSSR count). The molecule has 0 unspecified atom stereocenters. The van der Waals surface area contributed by atoms with Crippen molar-refractivity contribution in [3.05, 3.63) is 28.7 Å². The zero-order valence-electron chi connectivity index (χ0n) is 14.9. The molecule has 0 spiro atoms. The second kappa shape index (κ2) is 7.19. The van der Waals surface area contributed by atoms with Crippen molar-refractivity contribution in [1.82, 2.24) is 19.5 Å². The van der Waals surface area contributed by atoms with E-state index in [2.05, 4.69) is 23.1 Å². The van der Waals surface area contributed by atoms with Crippen LogP contribution in [0.15, 0.2) is 6.20 Å². The summed E-state index contributed by atoms with van der Waals surface area (Å²) in [6.07, 6.45) is 3.66. The summed E-state index contributed by atoms with van der Waals surface area (Å²) in [4.78, 5) is 19.0. The van der Waals surface area contributed by atoms with E-state index in [0.29, 0.717) is 43.7 Å². The molecule has 0 aromatic carbocycles. The Morgan fingerprint density at radius 3 is 3.00 bits per heavy atom. The van der Waals surface area contributed by atoms with Crippen LogP contribution in [0.4, 0.5) is 0 Å². The highest BCUT2D eigenvalue weighted by Gasteiger charge is 2.23. The molecule has 1 aliphatic rings. The first-order chi connectivity index (χ1) is 12.0. The van der Waals surface area contributed by atoms with Crippen molar-refractivity contribution in [2.75, 3.05) is 19.7 Å². The number of hydrogen-bond donors (Lipinski definition) is 0. The number of carbonyl (C=O) groups excluding carboxylic acids is 1. The van der Waals surface area contributed by atoms with Gasteiger partial charge in [0.05, 0.1) is 18.9 Å². The van der Waals surface area contributed by atoms with Gasteiger partial charge in [-0.2, -0.15) is 10.4 Å². The Balaban J connectivity index is 1.75. The van der Waals surface area contributed by atoms with Crippen molar-refractivity contribution in [2.24, 2.45) is 0 Å². The predicted octanol–water partition coefficient (Wildman–Crippen LogP) is 1.79. The van der Waals surface area contributed by atoms with E-state index >= 15 is 0 Å². The van der Waals surface area contributed by atoms with Gasteiger partial charge in [-0.25, -0.2) is 9.50 Å². The fourth-order valence-corrected chi connectivity index (χ4v) is 3.33. The average molecular weight is 341 g/mol. The van der Waals surface area contributed by atoms with Crippen LogP contribution in [0, 0.1) is 25.2 Å². The van der Waals surface area contributed by atoms with E-state index in [4.69, 9.17) is 10.00 Å². The van der Waals surface area contributed by atoms with E-state index in [9.17, 15) is 4.79 Å². The summed E-state index contributed by atoms with van der Waals surface area (Å²) in [5.74, 6) is 0.152. The third kappa shape index (κ3) is 3.35. The van der Waals surface area contributed by atoms with Gasteiger partial charge >= 0.3 is 0 Å². The van der Waals surface area contributed by atoms with Crippen molar-refractivity contribution < 1.29 is 9.53 Å². The number of ether oxygens (including phenoxy) is 1. The predicted molar refractivity (Wildman–Crippen MR) is 92.1 cm³/mol. The number of rotatable bonds is 4. The summed E-state index contributed by atoms with van der Waals surface area (Å²) in [5.41, 5.74) is 3.85. The molecular formula is C18H23N5O2. The number of hydrogen-bond acceptors (Lipinski definition) is 5. The van der Waals surface area contributed by atoms with Gasteiger partial charge in [-0.3, -0.25) is 4.79 Å². The standard InChI is InChI=1S/C18H23N5O2/c1-4-15-11-22(7-8-25-15)17(24)6-5-16-12(2)21-18-14(9-19)10-20-23(18)13(16)3/h10,15H,4-8,11H2,1-3H3/t15-/m1/s1. The van der Waals surface area contributed by atoms with E-state index in [1.807, 2.05) is 18.7 Å². The maximum absolute atomic E-state index is 12.6. The fourth-order valence-electron chi connectivity index (χ4n) is 3.33. The average Bonchev–Trinajstić information content (AvgIpc) is 3.04. The SMILES string of the molecule is CC[C@@H]1CN(C(=O)CCc2c(C)nc3c(C#N)cnn3c2C)CCO1. The van der Waals surface area contributed by atoms with Gasteiger partial charge in [0.2, 0.25) is 5.91 Å². The van der Waals surface area contributed by atoms with Crippen molar-refractivity contribution >= 4 is 11.6 Å². The molecule has 0 saturated carbocycles. The van der Waals surface area contributed by atoms with Crippen LogP contribution in [0.5, 0.6) is 0 Å². The van der Waals surface area contributed by atoms with Gasteiger partial charge in [-0.15, -0.1) is 0 Å². The lowest BCUT2D eigenvalue weighted by Gasteiger charge is -2.32. The van der Waals surface area contributed by atoms with Gasteiger partial charge in [0.15, 0.2) is 5.65 Å². The Labute approximate surface area is 147 Å². The molecule has 0 N–H and O–H groups in total. The normalized spacial score (nSPS) is 17.7. The molecule has 1 fully saturated rings. The molecule has 7 heteroatoms. The molecule has 1 saturated heterocycles. The third-order valence-electron chi connectivity index (χ3n) is 4.86. The smallest absolute Gasteiger partial charge is 0.223 e. The zero-order chi connectivity index (χ0) is 18.0. The minimum Gasteiger partial charge on any atom is -0.375 e. The van der Waals surface area contributed by atoms with Crippen molar-refractivity contribution in [2.45, 2.75) is 46.1 Å². The Morgan fingerprint density at radius 2 is 2.28 bits per heavy atom. The van der Waals surface area contributed by atoms with Gasteiger partial charge in [0, 0.05) is 30.9 Å². The molecular weight excluding hydrogens is 318 g/mol. The molecule has 0 aliphatic carbocycles. The van der Waals surface area contributed by atoms with Crippen LogP contribution < -0.4 is 0 Å². The molecule has 0 bridgehead atoms. The van der Waals surface area contributed by atoms with E-state index in [-0.39, 0.29) is 12.0 Å². The number of fused-ring (bicyclic) bond motifs is 1. The van der Waals surface area contributed by atoms with Gasteiger partial charge in [-0.05, 0) is 32.3 Å².